The lowest BCUT2D eigenvalue weighted by Gasteiger charge is -2.09. The van der Waals surface area contributed by atoms with Crippen LogP contribution in [0.4, 0.5) is 0 Å². The van der Waals surface area contributed by atoms with Crippen molar-refractivity contribution in [2.75, 3.05) is 13.2 Å². The maximum absolute atomic E-state index is 10.4. The minimum Gasteiger partial charge on any atom is -0.479 e. The quantitative estimate of drug-likeness (QED) is 0.446. The van der Waals surface area contributed by atoms with E-state index in [-0.39, 0.29) is 12.5 Å². The zero-order valence-electron chi connectivity index (χ0n) is 9.25. The number of ether oxygens (including phenoxy) is 1. The first-order chi connectivity index (χ1) is 8.04. The molecule has 0 bridgehead atoms. The normalized spacial score (nSPS) is 12.4. The maximum Gasteiger partial charge on any atom is 0.341 e. The van der Waals surface area contributed by atoms with E-state index < -0.39 is 18.6 Å². The van der Waals surface area contributed by atoms with Crippen molar-refractivity contribution in [3.05, 3.63) is 11.3 Å². The van der Waals surface area contributed by atoms with Crippen molar-refractivity contribution in [2.45, 2.75) is 19.4 Å². The lowest BCUT2D eigenvalue weighted by Crippen LogP contribution is -2.28. The molecule has 0 saturated heterocycles. The highest BCUT2D eigenvalue weighted by Crippen LogP contribution is 2.22. The highest BCUT2D eigenvalue weighted by atomic mass is 17.1. The molecular weight excluding hydrogens is 232 g/mol. The van der Waals surface area contributed by atoms with Gasteiger partial charge in [-0.2, -0.15) is 0 Å². The molecule has 0 radical (unpaired) electrons. The molecule has 0 aliphatic rings. The number of rotatable bonds is 7. The number of nitrogens with zero attached hydrogens (tertiary/aromatic N) is 1. The molecule has 1 unspecified atom stereocenters. The molecule has 0 saturated carbocycles. The summed E-state index contributed by atoms with van der Waals surface area (Å²) >= 11 is 0. The summed E-state index contributed by atoms with van der Waals surface area (Å²) in [6, 6.07) is -0.467. The third kappa shape index (κ3) is 4.02. The van der Waals surface area contributed by atoms with E-state index in [4.69, 9.17) is 25.4 Å². The summed E-state index contributed by atoms with van der Waals surface area (Å²) in [5.41, 5.74) is 6.21. The number of hydrogen-bond acceptors (Lipinski definition) is 7. The largest absolute Gasteiger partial charge is 0.479 e. The van der Waals surface area contributed by atoms with E-state index in [1.807, 2.05) is 0 Å². The van der Waals surface area contributed by atoms with Crippen molar-refractivity contribution in [1.82, 2.24) is 5.16 Å². The summed E-state index contributed by atoms with van der Waals surface area (Å²) in [6.07, 6.45) is 0.296. The van der Waals surface area contributed by atoms with E-state index in [1.165, 1.54) is 0 Å². The zero-order chi connectivity index (χ0) is 12.8. The first kappa shape index (κ1) is 13.4. The molecule has 0 spiro atoms. The highest BCUT2D eigenvalue weighted by molar-refractivity contribution is 5.68. The molecule has 0 aliphatic carbocycles. The highest BCUT2D eigenvalue weighted by Gasteiger charge is 2.18. The van der Waals surface area contributed by atoms with Crippen LogP contribution in [-0.4, -0.2) is 40.7 Å². The van der Waals surface area contributed by atoms with Crippen LogP contribution in [0, 0.1) is 6.92 Å². The Hall–Kier alpha value is -1.64. The van der Waals surface area contributed by atoms with Gasteiger partial charge in [0.15, 0.2) is 6.61 Å². The fourth-order valence-corrected chi connectivity index (χ4v) is 1.26. The van der Waals surface area contributed by atoms with Gasteiger partial charge in [0.1, 0.15) is 5.76 Å². The molecule has 4 N–H and O–H groups in total. The predicted molar refractivity (Wildman–Crippen MR) is 54.6 cm³/mol. The van der Waals surface area contributed by atoms with Crippen molar-refractivity contribution in [3.63, 3.8) is 0 Å². The summed E-state index contributed by atoms with van der Waals surface area (Å²) in [5.74, 6) is -0.531. The van der Waals surface area contributed by atoms with Gasteiger partial charge in [-0.1, -0.05) is 0 Å². The van der Waals surface area contributed by atoms with E-state index in [1.54, 1.807) is 6.92 Å². The summed E-state index contributed by atoms with van der Waals surface area (Å²) in [6.45, 7) is 1.09. The van der Waals surface area contributed by atoms with Gasteiger partial charge in [-0.15, -0.1) is 0 Å². The molecule has 1 heterocycles. The second-order valence-corrected chi connectivity index (χ2v) is 3.46. The zero-order valence-corrected chi connectivity index (χ0v) is 9.25. The Labute approximate surface area is 96.8 Å². The SMILES string of the molecule is Cc1onc(OCC(=O)O)c1CC(N)COO. The summed E-state index contributed by atoms with van der Waals surface area (Å²) in [4.78, 5) is 14.3. The van der Waals surface area contributed by atoms with Gasteiger partial charge in [-0.05, 0) is 18.5 Å². The molecule has 0 amide bonds. The van der Waals surface area contributed by atoms with Gasteiger partial charge in [0.2, 0.25) is 0 Å². The number of aryl methyl sites for hydroxylation is 1. The van der Waals surface area contributed by atoms with Crippen LogP contribution < -0.4 is 10.5 Å². The molecule has 96 valence electrons. The van der Waals surface area contributed by atoms with Gasteiger partial charge < -0.3 is 20.1 Å². The number of carboxylic acids is 1. The minimum atomic E-state index is -1.11. The monoisotopic (exact) mass is 246 g/mol. The van der Waals surface area contributed by atoms with Crippen LogP contribution in [0.5, 0.6) is 5.88 Å². The lowest BCUT2D eigenvalue weighted by atomic mass is 10.1. The Morgan fingerprint density at radius 1 is 1.65 bits per heavy atom. The van der Waals surface area contributed by atoms with Crippen molar-refractivity contribution in [3.8, 4) is 5.88 Å². The van der Waals surface area contributed by atoms with Gasteiger partial charge in [-0.3, -0.25) is 5.26 Å². The van der Waals surface area contributed by atoms with Gasteiger partial charge >= 0.3 is 5.97 Å². The van der Waals surface area contributed by atoms with E-state index in [2.05, 4.69) is 10.0 Å². The van der Waals surface area contributed by atoms with Crippen molar-refractivity contribution >= 4 is 5.97 Å². The average Bonchev–Trinajstić information content (AvgIpc) is 2.58. The number of carbonyl (C=O) groups is 1. The first-order valence-corrected chi connectivity index (χ1v) is 4.86. The van der Waals surface area contributed by atoms with Crippen LogP contribution in [-0.2, 0) is 16.1 Å². The van der Waals surface area contributed by atoms with Crippen LogP contribution in [0.15, 0.2) is 4.52 Å². The molecule has 1 aromatic rings. The van der Waals surface area contributed by atoms with Crippen LogP contribution >= 0.6 is 0 Å². The molecule has 0 aliphatic heterocycles. The Bertz CT molecular complexity index is 378. The molecule has 17 heavy (non-hydrogen) atoms. The number of hydrogen-bond donors (Lipinski definition) is 3. The maximum atomic E-state index is 10.4. The fourth-order valence-electron chi connectivity index (χ4n) is 1.26. The lowest BCUT2D eigenvalue weighted by molar-refractivity contribution is -0.245. The summed E-state index contributed by atoms with van der Waals surface area (Å²) in [5, 5.41) is 20.3. The third-order valence-corrected chi connectivity index (χ3v) is 2.04. The molecular formula is C9H14N2O6. The topological polar surface area (TPSA) is 128 Å². The minimum absolute atomic E-state index is 0.0526. The van der Waals surface area contributed by atoms with Crippen LogP contribution in [0.2, 0.25) is 0 Å². The van der Waals surface area contributed by atoms with Crippen LogP contribution in [0.1, 0.15) is 11.3 Å². The first-order valence-electron chi connectivity index (χ1n) is 4.86. The molecule has 1 atom stereocenters. The van der Waals surface area contributed by atoms with Gasteiger partial charge in [0.05, 0.1) is 12.2 Å². The fraction of sp³-hybridized carbons (Fsp3) is 0.556. The summed E-state index contributed by atoms with van der Waals surface area (Å²) < 4.78 is 9.82. The second kappa shape index (κ2) is 6.18. The molecule has 8 heteroatoms. The Morgan fingerprint density at radius 2 is 2.35 bits per heavy atom. The standard InChI is InChI=1S/C9H14N2O6/c1-5-7(2-6(10)3-16-14)9(11-17-5)15-4-8(12)13/h6,14H,2-4,10H2,1H3,(H,12,13). The molecule has 0 aromatic carbocycles. The molecule has 8 nitrogen and oxygen atoms in total. The van der Waals surface area contributed by atoms with E-state index >= 15 is 0 Å². The van der Waals surface area contributed by atoms with Gasteiger partial charge in [0, 0.05) is 6.04 Å². The Kier molecular flexibility index (Phi) is 4.88. The smallest absolute Gasteiger partial charge is 0.341 e. The second-order valence-electron chi connectivity index (χ2n) is 3.46. The molecule has 0 fully saturated rings. The number of aromatic nitrogens is 1. The van der Waals surface area contributed by atoms with Crippen LogP contribution in [0.25, 0.3) is 0 Å². The average molecular weight is 246 g/mol. The van der Waals surface area contributed by atoms with Crippen molar-refractivity contribution in [2.24, 2.45) is 5.73 Å². The third-order valence-electron chi connectivity index (χ3n) is 2.04. The van der Waals surface area contributed by atoms with Crippen LogP contribution in [0.3, 0.4) is 0 Å². The van der Waals surface area contributed by atoms with Gasteiger partial charge in [-0.25, -0.2) is 9.68 Å². The number of nitrogens with two attached hydrogens (primary N) is 1. The van der Waals surface area contributed by atoms with Crippen molar-refractivity contribution in [1.29, 1.82) is 0 Å². The van der Waals surface area contributed by atoms with Gasteiger partial charge in [0.25, 0.3) is 5.88 Å². The Balaban J connectivity index is 2.68. The van der Waals surface area contributed by atoms with E-state index in [0.29, 0.717) is 17.7 Å². The summed E-state index contributed by atoms with van der Waals surface area (Å²) in [7, 11) is 0. The molecule has 1 rings (SSSR count). The number of aliphatic carboxylic acids is 1. The van der Waals surface area contributed by atoms with E-state index in [9.17, 15) is 4.79 Å². The number of carboxylic acid groups (broad SMARTS) is 1. The Morgan fingerprint density at radius 3 is 2.94 bits per heavy atom. The predicted octanol–water partition coefficient (Wildman–Crippen LogP) is -0.194. The van der Waals surface area contributed by atoms with E-state index in [0.717, 1.165) is 0 Å². The van der Waals surface area contributed by atoms with Crippen molar-refractivity contribution < 1.29 is 29.3 Å². The molecule has 1 aromatic heterocycles.